The summed E-state index contributed by atoms with van der Waals surface area (Å²) in [7, 11) is 0. The molecule has 0 bridgehead atoms. The Morgan fingerprint density at radius 2 is 2.00 bits per heavy atom. The van der Waals surface area contributed by atoms with Crippen molar-refractivity contribution in [1.29, 1.82) is 0 Å². The zero-order chi connectivity index (χ0) is 12.9. The molecular weight excluding hydrogens is 281 g/mol. The monoisotopic (exact) mass is 301 g/mol. The van der Waals surface area contributed by atoms with Crippen molar-refractivity contribution in [3.05, 3.63) is 34.1 Å². The van der Waals surface area contributed by atoms with Crippen LogP contribution >= 0.6 is 15.9 Å². The van der Waals surface area contributed by atoms with Crippen LogP contribution in [0.5, 0.6) is 0 Å². The average Bonchev–Trinajstić information content (AvgIpc) is 2.28. The van der Waals surface area contributed by atoms with E-state index < -0.39 is 0 Å². The zero-order valence-corrected chi connectivity index (χ0v) is 12.4. The van der Waals surface area contributed by atoms with E-state index in [0.29, 0.717) is 0 Å². The van der Waals surface area contributed by atoms with Gasteiger partial charge in [0.1, 0.15) is 5.82 Å². The van der Waals surface area contributed by atoms with Gasteiger partial charge in [0.2, 0.25) is 0 Å². The van der Waals surface area contributed by atoms with Crippen molar-refractivity contribution in [1.82, 2.24) is 5.32 Å². The number of hydrogen-bond donors (Lipinski definition) is 1. The minimum atomic E-state index is -0.144. The summed E-state index contributed by atoms with van der Waals surface area (Å²) in [5, 5.41) is 3.36. The molecule has 0 fully saturated rings. The third kappa shape index (κ3) is 4.40. The molecule has 0 radical (unpaired) electrons. The van der Waals surface area contributed by atoms with Crippen molar-refractivity contribution in [2.45, 2.75) is 39.0 Å². The largest absolute Gasteiger partial charge is 0.317 e. The molecule has 0 amide bonds. The zero-order valence-electron chi connectivity index (χ0n) is 10.8. The van der Waals surface area contributed by atoms with Gasteiger partial charge in [-0.3, -0.25) is 0 Å². The predicted molar refractivity (Wildman–Crippen MR) is 74.9 cm³/mol. The second-order valence-corrected chi connectivity index (χ2v) is 5.92. The third-order valence-corrected chi connectivity index (χ3v) is 3.50. The van der Waals surface area contributed by atoms with Crippen molar-refractivity contribution in [2.75, 3.05) is 13.1 Å². The smallest absolute Gasteiger partial charge is 0.127 e. The van der Waals surface area contributed by atoms with E-state index in [1.165, 1.54) is 6.07 Å². The van der Waals surface area contributed by atoms with Gasteiger partial charge in [-0.15, -0.1) is 0 Å². The molecule has 0 saturated carbocycles. The Morgan fingerprint density at radius 1 is 1.29 bits per heavy atom. The standard InChI is InChI=1S/C14H21BrFN/c1-4-8-17-9-7-14(2,3)12-10-11(15)5-6-13(12)16/h5-6,10,17H,4,7-9H2,1-3H3. The van der Waals surface area contributed by atoms with Gasteiger partial charge in [-0.1, -0.05) is 36.7 Å². The SMILES string of the molecule is CCCNCCC(C)(C)c1cc(Br)ccc1F. The number of halogens is 2. The Bertz CT molecular complexity index is 363. The quantitative estimate of drug-likeness (QED) is 0.774. The first-order valence-electron chi connectivity index (χ1n) is 6.13. The summed E-state index contributed by atoms with van der Waals surface area (Å²) in [6.07, 6.45) is 2.06. The van der Waals surface area contributed by atoms with Gasteiger partial charge in [-0.2, -0.15) is 0 Å². The van der Waals surface area contributed by atoms with Gasteiger partial charge in [0.15, 0.2) is 0 Å². The molecule has 0 aliphatic carbocycles. The Kier molecular flexibility index (Phi) is 5.60. The maximum Gasteiger partial charge on any atom is 0.127 e. The molecule has 1 N–H and O–H groups in total. The number of rotatable bonds is 6. The Balaban J connectivity index is 2.71. The molecule has 1 aromatic rings. The molecule has 17 heavy (non-hydrogen) atoms. The molecule has 0 spiro atoms. The van der Waals surface area contributed by atoms with Gasteiger partial charge in [0, 0.05) is 4.47 Å². The van der Waals surface area contributed by atoms with Crippen LogP contribution < -0.4 is 5.32 Å². The number of benzene rings is 1. The lowest BCUT2D eigenvalue weighted by molar-refractivity contribution is 0.434. The highest BCUT2D eigenvalue weighted by atomic mass is 79.9. The topological polar surface area (TPSA) is 12.0 Å². The van der Waals surface area contributed by atoms with E-state index in [1.807, 2.05) is 6.07 Å². The Labute approximate surface area is 112 Å². The molecule has 1 rings (SSSR count). The van der Waals surface area contributed by atoms with Crippen LogP contribution in [-0.4, -0.2) is 13.1 Å². The molecule has 3 heteroatoms. The van der Waals surface area contributed by atoms with E-state index in [9.17, 15) is 4.39 Å². The van der Waals surface area contributed by atoms with Gasteiger partial charge in [0.25, 0.3) is 0 Å². The van der Waals surface area contributed by atoms with Crippen LogP contribution in [0, 0.1) is 5.82 Å². The fourth-order valence-electron chi connectivity index (χ4n) is 1.85. The first-order chi connectivity index (χ1) is 7.97. The van der Waals surface area contributed by atoms with E-state index in [0.717, 1.165) is 36.0 Å². The van der Waals surface area contributed by atoms with Crippen molar-refractivity contribution in [2.24, 2.45) is 0 Å². The van der Waals surface area contributed by atoms with Crippen LogP contribution in [0.15, 0.2) is 22.7 Å². The van der Waals surface area contributed by atoms with Crippen LogP contribution in [-0.2, 0) is 5.41 Å². The molecule has 1 aromatic carbocycles. The summed E-state index contributed by atoms with van der Waals surface area (Å²) in [6.45, 7) is 8.27. The van der Waals surface area contributed by atoms with Gasteiger partial charge < -0.3 is 5.32 Å². The van der Waals surface area contributed by atoms with Crippen molar-refractivity contribution in [3.8, 4) is 0 Å². The summed E-state index contributed by atoms with van der Waals surface area (Å²) in [4.78, 5) is 0. The predicted octanol–water partition coefficient (Wildman–Crippen LogP) is 4.26. The molecule has 96 valence electrons. The van der Waals surface area contributed by atoms with Gasteiger partial charge in [0.05, 0.1) is 0 Å². The Hall–Kier alpha value is -0.410. The molecule has 0 aliphatic heterocycles. The van der Waals surface area contributed by atoms with E-state index in [1.54, 1.807) is 6.07 Å². The van der Waals surface area contributed by atoms with Crippen molar-refractivity contribution in [3.63, 3.8) is 0 Å². The maximum atomic E-state index is 13.8. The fourth-order valence-corrected chi connectivity index (χ4v) is 2.21. The molecule has 0 saturated heterocycles. The van der Waals surface area contributed by atoms with E-state index in [2.05, 4.69) is 42.0 Å². The highest BCUT2D eigenvalue weighted by molar-refractivity contribution is 9.10. The lowest BCUT2D eigenvalue weighted by Crippen LogP contribution is -2.26. The van der Waals surface area contributed by atoms with Crippen molar-refractivity contribution >= 4 is 15.9 Å². The summed E-state index contributed by atoms with van der Waals surface area (Å²) in [6, 6.07) is 5.15. The number of hydrogen-bond acceptors (Lipinski definition) is 1. The number of nitrogens with one attached hydrogen (secondary N) is 1. The van der Waals surface area contributed by atoms with Crippen LogP contribution in [0.25, 0.3) is 0 Å². The van der Waals surface area contributed by atoms with Crippen molar-refractivity contribution < 1.29 is 4.39 Å². The van der Waals surface area contributed by atoms with Crippen LogP contribution in [0.4, 0.5) is 4.39 Å². The highest BCUT2D eigenvalue weighted by Crippen LogP contribution is 2.30. The average molecular weight is 302 g/mol. The third-order valence-electron chi connectivity index (χ3n) is 3.01. The molecule has 0 unspecified atom stereocenters. The van der Waals surface area contributed by atoms with Crippen LogP contribution in [0.1, 0.15) is 39.2 Å². The Morgan fingerprint density at radius 3 is 2.65 bits per heavy atom. The molecule has 0 aliphatic rings. The van der Waals surface area contributed by atoms with Crippen LogP contribution in [0.3, 0.4) is 0 Å². The van der Waals surface area contributed by atoms with Gasteiger partial charge in [-0.25, -0.2) is 4.39 Å². The second kappa shape index (κ2) is 6.50. The maximum absolute atomic E-state index is 13.8. The lowest BCUT2D eigenvalue weighted by atomic mass is 9.81. The summed E-state index contributed by atoms with van der Waals surface area (Å²) >= 11 is 3.40. The molecule has 0 atom stereocenters. The first-order valence-corrected chi connectivity index (χ1v) is 6.93. The van der Waals surface area contributed by atoms with Gasteiger partial charge in [-0.05, 0) is 55.1 Å². The molecular formula is C14H21BrFN. The second-order valence-electron chi connectivity index (χ2n) is 5.01. The minimum absolute atomic E-state index is 0.117. The summed E-state index contributed by atoms with van der Waals surface area (Å²) < 4.78 is 14.7. The fraction of sp³-hybridized carbons (Fsp3) is 0.571. The minimum Gasteiger partial charge on any atom is -0.317 e. The van der Waals surface area contributed by atoms with Gasteiger partial charge >= 0.3 is 0 Å². The van der Waals surface area contributed by atoms with E-state index >= 15 is 0 Å². The van der Waals surface area contributed by atoms with Crippen LogP contribution in [0.2, 0.25) is 0 Å². The molecule has 0 aromatic heterocycles. The molecule has 1 nitrogen and oxygen atoms in total. The molecule has 0 heterocycles. The van der Waals surface area contributed by atoms with E-state index in [4.69, 9.17) is 0 Å². The lowest BCUT2D eigenvalue weighted by Gasteiger charge is -2.26. The normalized spacial score (nSPS) is 11.8. The highest BCUT2D eigenvalue weighted by Gasteiger charge is 2.23. The van der Waals surface area contributed by atoms with E-state index in [-0.39, 0.29) is 11.2 Å². The summed E-state index contributed by atoms with van der Waals surface area (Å²) in [5.41, 5.74) is 0.638. The summed E-state index contributed by atoms with van der Waals surface area (Å²) in [5.74, 6) is -0.117. The first kappa shape index (κ1) is 14.7.